The molecule has 3 aromatic rings. The predicted octanol–water partition coefficient (Wildman–Crippen LogP) is 2.06. The SMILES string of the molecule is Nc1ccnn1Cc1ccc2ncccc2c1. The molecule has 0 radical (unpaired) electrons. The fourth-order valence-corrected chi connectivity index (χ4v) is 1.87. The Kier molecular flexibility index (Phi) is 2.26. The Bertz CT molecular complexity index is 657. The lowest BCUT2D eigenvalue weighted by Crippen LogP contribution is -2.05. The smallest absolute Gasteiger partial charge is 0.122 e. The zero-order valence-corrected chi connectivity index (χ0v) is 9.24. The van der Waals surface area contributed by atoms with Crippen LogP contribution >= 0.6 is 0 Å². The van der Waals surface area contributed by atoms with Crippen LogP contribution in [0.4, 0.5) is 5.82 Å². The first kappa shape index (κ1) is 9.84. The summed E-state index contributed by atoms with van der Waals surface area (Å²) < 4.78 is 1.78. The zero-order valence-electron chi connectivity index (χ0n) is 9.24. The lowest BCUT2D eigenvalue weighted by Gasteiger charge is -2.05. The molecule has 0 aliphatic rings. The molecule has 4 heteroatoms. The van der Waals surface area contributed by atoms with Crippen LogP contribution in [0.15, 0.2) is 48.8 Å². The third kappa shape index (κ3) is 1.85. The Morgan fingerprint density at radius 2 is 2.06 bits per heavy atom. The summed E-state index contributed by atoms with van der Waals surface area (Å²) in [5.41, 5.74) is 7.96. The molecule has 0 unspecified atom stereocenters. The Balaban J connectivity index is 1.99. The second-order valence-corrected chi connectivity index (χ2v) is 3.94. The van der Waals surface area contributed by atoms with Crippen molar-refractivity contribution in [2.24, 2.45) is 0 Å². The van der Waals surface area contributed by atoms with Crippen molar-refractivity contribution in [3.8, 4) is 0 Å². The summed E-state index contributed by atoms with van der Waals surface area (Å²) in [7, 11) is 0. The van der Waals surface area contributed by atoms with E-state index in [4.69, 9.17) is 5.73 Å². The molecule has 2 aromatic heterocycles. The van der Waals surface area contributed by atoms with E-state index >= 15 is 0 Å². The van der Waals surface area contributed by atoms with Crippen LogP contribution in [0.1, 0.15) is 5.56 Å². The third-order valence-corrected chi connectivity index (χ3v) is 2.75. The maximum atomic E-state index is 5.79. The van der Waals surface area contributed by atoms with Crippen LogP contribution in [0.5, 0.6) is 0 Å². The number of hydrogen-bond acceptors (Lipinski definition) is 3. The fourth-order valence-electron chi connectivity index (χ4n) is 1.87. The predicted molar refractivity (Wildman–Crippen MR) is 67.5 cm³/mol. The van der Waals surface area contributed by atoms with Crippen molar-refractivity contribution in [2.45, 2.75) is 6.54 Å². The molecule has 3 rings (SSSR count). The number of nitrogens with two attached hydrogens (primary N) is 1. The van der Waals surface area contributed by atoms with Gasteiger partial charge in [-0.15, -0.1) is 0 Å². The van der Waals surface area contributed by atoms with Crippen molar-refractivity contribution >= 4 is 16.7 Å². The highest BCUT2D eigenvalue weighted by Gasteiger charge is 2.01. The van der Waals surface area contributed by atoms with Crippen LogP contribution in [0.2, 0.25) is 0 Å². The average molecular weight is 224 g/mol. The van der Waals surface area contributed by atoms with Crippen molar-refractivity contribution in [3.05, 3.63) is 54.4 Å². The molecule has 0 bridgehead atoms. The molecule has 0 fully saturated rings. The molecule has 2 N–H and O–H groups in total. The number of aromatic nitrogens is 3. The minimum Gasteiger partial charge on any atom is -0.384 e. The van der Waals surface area contributed by atoms with Gasteiger partial charge in [-0.05, 0) is 29.8 Å². The van der Waals surface area contributed by atoms with Gasteiger partial charge in [-0.3, -0.25) is 4.98 Å². The highest BCUT2D eigenvalue weighted by Crippen LogP contribution is 2.15. The van der Waals surface area contributed by atoms with Crippen LogP contribution in [-0.2, 0) is 6.54 Å². The number of rotatable bonds is 2. The molecule has 1 aromatic carbocycles. The van der Waals surface area contributed by atoms with Crippen LogP contribution in [0.25, 0.3) is 10.9 Å². The van der Waals surface area contributed by atoms with Gasteiger partial charge in [0.05, 0.1) is 18.3 Å². The quantitative estimate of drug-likeness (QED) is 0.724. The van der Waals surface area contributed by atoms with E-state index in [0.29, 0.717) is 12.4 Å². The van der Waals surface area contributed by atoms with Gasteiger partial charge in [0.1, 0.15) is 5.82 Å². The first-order valence-electron chi connectivity index (χ1n) is 5.44. The van der Waals surface area contributed by atoms with Crippen LogP contribution in [-0.4, -0.2) is 14.8 Å². The van der Waals surface area contributed by atoms with E-state index in [2.05, 4.69) is 28.3 Å². The summed E-state index contributed by atoms with van der Waals surface area (Å²) in [6, 6.07) is 12.0. The molecular weight excluding hydrogens is 212 g/mol. The lowest BCUT2D eigenvalue weighted by molar-refractivity contribution is 0.698. The van der Waals surface area contributed by atoms with E-state index in [1.807, 2.05) is 12.1 Å². The van der Waals surface area contributed by atoms with Crippen molar-refractivity contribution < 1.29 is 0 Å². The monoisotopic (exact) mass is 224 g/mol. The van der Waals surface area contributed by atoms with Crippen molar-refractivity contribution in [3.63, 3.8) is 0 Å². The average Bonchev–Trinajstić information content (AvgIpc) is 2.75. The molecule has 17 heavy (non-hydrogen) atoms. The summed E-state index contributed by atoms with van der Waals surface area (Å²) in [6.07, 6.45) is 3.51. The second-order valence-electron chi connectivity index (χ2n) is 3.94. The van der Waals surface area contributed by atoms with E-state index in [9.17, 15) is 0 Å². The van der Waals surface area contributed by atoms with Gasteiger partial charge >= 0.3 is 0 Å². The molecule has 0 atom stereocenters. The Labute approximate surface area is 98.7 Å². The molecule has 0 saturated heterocycles. The summed E-state index contributed by atoms with van der Waals surface area (Å²) in [4.78, 5) is 4.29. The van der Waals surface area contributed by atoms with E-state index in [1.54, 1.807) is 23.1 Å². The standard InChI is InChI=1S/C13H12N4/c14-13-5-7-16-17(13)9-10-3-4-12-11(8-10)2-1-6-15-12/h1-8H,9,14H2. The summed E-state index contributed by atoms with van der Waals surface area (Å²) in [5, 5.41) is 5.30. The highest BCUT2D eigenvalue weighted by molar-refractivity contribution is 5.78. The molecule has 0 spiro atoms. The van der Waals surface area contributed by atoms with Gasteiger partial charge in [-0.2, -0.15) is 5.10 Å². The minimum atomic E-state index is 0.677. The zero-order chi connectivity index (χ0) is 11.7. The van der Waals surface area contributed by atoms with Gasteiger partial charge < -0.3 is 5.73 Å². The minimum absolute atomic E-state index is 0.677. The normalized spacial score (nSPS) is 10.8. The number of nitrogens with zero attached hydrogens (tertiary/aromatic N) is 3. The van der Waals surface area contributed by atoms with E-state index in [1.165, 1.54) is 5.56 Å². The largest absolute Gasteiger partial charge is 0.384 e. The number of anilines is 1. The summed E-state index contributed by atoms with van der Waals surface area (Å²) >= 11 is 0. The number of benzene rings is 1. The molecule has 0 saturated carbocycles. The van der Waals surface area contributed by atoms with Crippen molar-refractivity contribution in [1.29, 1.82) is 0 Å². The van der Waals surface area contributed by atoms with Gasteiger partial charge in [-0.1, -0.05) is 12.1 Å². The molecule has 84 valence electrons. The highest BCUT2D eigenvalue weighted by atomic mass is 15.3. The van der Waals surface area contributed by atoms with Gasteiger partial charge in [0.25, 0.3) is 0 Å². The van der Waals surface area contributed by atoms with Gasteiger partial charge in [-0.25, -0.2) is 4.68 Å². The van der Waals surface area contributed by atoms with Gasteiger partial charge in [0, 0.05) is 11.6 Å². The summed E-state index contributed by atoms with van der Waals surface area (Å²) in [5.74, 6) is 0.677. The van der Waals surface area contributed by atoms with Crippen LogP contribution < -0.4 is 5.73 Å². The van der Waals surface area contributed by atoms with Crippen LogP contribution in [0, 0.1) is 0 Å². The van der Waals surface area contributed by atoms with Gasteiger partial charge in [0.2, 0.25) is 0 Å². The van der Waals surface area contributed by atoms with E-state index in [-0.39, 0.29) is 0 Å². The third-order valence-electron chi connectivity index (χ3n) is 2.75. The molecule has 4 nitrogen and oxygen atoms in total. The molecular formula is C13H12N4. The van der Waals surface area contributed by atoms with Crippen molar-refractivity contribution in [1.82, 2.24) is 14.8 Å². The molecule has 0 aliphatic carbocycles. The topological polar surface area (TPSA) is 56.7 Å². The van der Waals surface area contributed by atoms with E-state index < -0.39 is 0 Å². The molecule has 2 heterocycles. The number of pyridine rings is 1. The number of fused-ring (bicyclic) bond motifs is 1. The summed E-state index contributed by atoms with van der Waals surface area (Å²) in [6.45, 7) is 0.684. The van der Waals surface area contributed by atoms with Gasteiger partial charge in [0.15, 0.2) is 0 Å². The fraction of sp³-hybridized carbons (Fsp3) is 0.0769. The maximum absolute atomic E-state index is 5.79. The van der Waals surface area contributed by atoms with E-state index in [0.717, 1.165) is 10.9 Å². The Morgan fingerprint density at radius 3 is 2.88 bits per heavy atom. The number of hydrogen-bond donors (Lipinski definition) is 1. The molecule has 0 amide bonds. The lowest BCUT2D eigenvalue weighted by atomic mass is 10.1. The Hall–Kier alpha value is -2.36. The second kappa shape index (κ2) is 3.90. The first-order valence-corrected chi connectivity index (χ1v) is 5.44. The first-order chi connectivity index (χ1) is 8.33. The molecule has 0 aliphatic heterocycles. The Morgan fingerprint density at radius 1 is 1.12 bits per heavy atom. The van der Waals surface area contributed by atoms with Crippen molar-refractivity contribution in [2.75, 3.05) is 5.73 Å². The van der Waals surface area contributed by atoms with Crippen LogP contribution in [0.3, 0.4) is 0 Å². The number of nitrogen functional groups attached to an aromatic ring is 1. The maximum Gasteiger partial charge on any atom is 0.122 e.